The normalized spacial score (nSPS) is 19.0. The first-order valence-corrected chi connectivity index (χ1v) is 16.2. The van der Waals surface area contributed by atoms with Crippen LogP contribution in [0.15, 0.2) is 60.7 Å². The molecule has 0 N–H and O–H groups in total. The highest BCUT2D eigenvalue weighted by Crippen LogP contribution is 2.38. The molecule has 2 aliphatic rings. The smallest absolute Gasteiger partial charge is 0.422 e. The minimum Gasteiger partial charge on any atom is -0.481 e. The molecule has 48 heavy (non-hydrogen) atoms. The number of amides is 1. The molecule has 2 atom stereocenters. The van der Waals surface area contributed by atoms with Crippen molar-refractivity contribution in [2.24, 2.45) is 0 Å². The van der Waals surface area contributed by atoms with E-state index in [4.69, 9.17) is 18.9 Å². The van der Waals surface area contributed by atoms with Crippen LogP contribution in [0.1, 0.15) is 42.9 Å². The van der Waals surface area contributed by atoms with Gasteiger partial charge in [-0.1, -0.05) is 60.7 Å². The third-order valence-corrected chi connectivity index (χ3v) is 8.64. The number of nitrogens with zero attached hydrogens (tertiary/aromatic N) is 5. The number of halogens is 3. The third kappa shape index (κ3) is 8.94. The van der Waals surface area contributed by atoms with E-state index in [9.17, 15) is 18.0 Å². The number of benzene rings is 2. The lowest BCUT2D eigenvalue weighted by atomic mass is 9.81. The van der Waals surface area contributed by atoms with Gasteiger partial charge >= 0.3 is 12.2 Å². The standard InChI is InChI=1S/C35H44F3N5O5/c1-24(2)48-33-28(32(46-4)39-34(40-33)47-23-35(36,37)38)21-41-19-27-20-42(30(44)15-18-45-3)16-17-43(27)29(22-41)31(25-11-7-5-8-12-25)26-13-9-6-10-14-26/h5-14,24,27,29,31H,15-23H2,1-4H3/t27-,29+/m1/s1. The summed E-state index contributed by atoms with van der Waals surface area (Å²) in [5.74, 6) is 0.274. The van der Waals surface area contributed by atoms with Crippen molar-refractivity contribution in [1.29, 1.82) is 0 Å². The first-order valence-electron chi connectivity index (χ1n) is 16.2. The minimum absolute atomic E-state index is 0.00897. The Labute approximate surface area is 279 Å². The zero-order chi connectivity index (χ0) is 34.3. The Balaban J connectivity index is 1.52. The number of ether oxygens (including phenoxy) is 4. The molecule has 0 unspecified atom stereocenters. The molecule has 1 amide bonds. The van der Waals surface area contributed by atoms with Gasteiger partial charge in [0, 0.05) is 64.4 Å². The Bertz CT molecular complexity index is 1440. The number of carbonyl (C=O) groups is 1. The lowest BCUT2D eigenvalue weighted by Gasteiger charge is -2.53. The molecule has 0 saturated carbocycles. The summed E-state index contributed by atoms with van der Waals surface area (Å²) in [6.45, 7) is 5.92. The van der Waals surface area contributed by atoms with Crippen molar-refractivity contribution in [2.45, 2.75) is 57.1 Å². The van der Waals surface area contributed by atoms with Crippen molar-refractivity contribution in [3.05, 3.63) is 77.4 Å². The summed E-state index contributed by atoms with van der Waals surface area (Å²) >= 11 is 0. The fourth-order valence-corrected chi connectivity index (χ4v) is 6.65. The second kappa shape index (κ2) is 16.0. The van der Waals surface area contributed by atoms with Crippen molar-refractivity contribution in [1.82, 2.24) is 24.7 Å². The van der Waals surface area contributed by atoms with Crippen LogP contribution < -0.4 is 14.2 Å². The topological polar surface area (TPSA) is 89.5 Å². The van der Waals surface area contributed by atoms with Crippen LogP contribution in [0.5, 0.6) is 17.8 Å². The zero-order valence-corrected chi connectivity index (χ0v) is 27.9. The average molecular weight is 672 g/mol. The van der Waals surface area contributed by atoms with Gasteiger partial charge < -0.3 is 23.8 Å². The van der Waals surface area contributed by atoms with E-state index in [0.717, 1.165) is 6.54 Å². The molecule has 260 valence electrons. The average Bonchev–Trinajstić information content (AvgIpc) is 3.07. The van der Waals surface area contributed by atoms with E-state index in [-0.39, 0.29) is 41.8 Å². The molecule has 3 heterocycles. The molecular formula is C35H44F3N5O5. The molecule has 1 aromatic heterocycles. The van der Waals surface area contributed by atoms with Gasteiger partial charge in [-0.15, -0.1) is 0 Å². The van der Waals surface area contributed by atoms with Crippen LogP contribution in [0.4, 0.5) is 13.2 Å². The number of piperazine rings is 2. The van der Waals surface area contributed by atoms with E-state index in [1.807, 2.05) is 30.9 Å². The van der Waals surface area contributed by atoms with Crippen molar-refractivity contribution >= 4 is 5.91 Å². The molecule has 0 spiro atoms. The summed E-state index contributed by atoms with van der Waals surface area (Å²) in [6, 6.07) is 20.4. The Kier molecular flexibility index (Phi) is 11.8. The second-order valence-corrected chi connectivity index (χ2v) is 12.4. The van der Waals surface area contributed by atoms with E-state index in [2.05, 4.69) is 68.3 Å². The SMILES string of the molecule is COCCC(=O)N1CCN2[C@H](CN(Cc3c(OC)nc(OCC(F)(F)F)nc3OC(C)C)C[C@H]2C(c2ccccc2)c2ccccc2)C1. The molecule has 13 heteroatoms. The molecule has 2 fully saturated rings. The molecule has 2 saturated heterocycles. The number of fused-ring (bicyclic) bond motifs is 1. The van der Waals surface area contributed by atoms with Gasteiger partial charge in [-0.2, -0.15) is 23.1 Å². The number of carbonyl (C=O) groups excluding carboxylic acids is 1. The number of rotatable bonds is 13. The van der Waals surface area contributed by atoms with Crippen molar-refractivity contribution in [3.63, 3.8) is 0 Å². The first kappa shape index (κ1) is 35.4. The monoisotopic (exact) mass is 671 g/mol. The highest BCUT2D eigenvalue weighted by molar-refractivity contribution is 5.76. The maximum Gasteiger partial charge on any atom is 0.422 e. The summed E-state index contributed by atoms with van der Waals surface area (Å²) in [7, 11) is 3.00. The highest BCUT2D eigenvalue weighted by Gasteiger charge is 2.43. The lowest BCUT2D eigenvalue weighted by molar-refractivity contribution is -0.154. The van der Waals surface area contributed by atoms with Gasteiger partial charge in [0.15, 0.2) is 6.61 Å². The predicted molar refractivity (Wildman–Crippen MR) is 173 cm³/mol. The number of aromatic nitrogens is 2. The molecule has 10 nitrogen and oxygen atoms in total. The zero-order valence-electron chi connectivity index (χ0n) is 27.9. The molecule has 3 aromatic rings. The second-order valence-electron chi connectivity index (χ2n) is 12.4. The van der Waals surface area contributed by atoms with E-state index in [1.165, 1.54) is 18.2 Å². The van der Waals surface area contributed by atoms with Gasteiger partial charge in [-0.05, 0) is 25.0 Å². The minimum atomic E-state index is -4.56. The van der Waals surface area contributed by atoms with Crippen LogP contribution in [0.25, 0.3) is 0 Å². The van der Waals surface area contributed by atoms with E-state index in [0.29, 0.717) is 51.3 Å². The molecule has 0 radical (unpaired) electrons. The largest absolute Gasteiger partial charge is 0.481 e. The van der Waals surface area contributed by atoms with Crippen molar-refractivity contribution in [3.8, 4) is 17.8 Å². The summed E-state index contributed by atoms with van der Waals surface area (Å²) < 4.78 is 60.5. The molecular weight excluding hydrogens is 627 g/mol. The van der Waals surface area contributed by atoms with Crippen molar-refractivity contribution in [2.75, 3.05) is 60.2 Å². The maximum atomic E-state index is 13.1. The van der Waals surface area contributed by atoms with Crippen LogP contribution in [-0.2, 0) is 16.1 Å². The molecule has 0 aliphatic carbocycles. The Morgan fingerprint density at radius 1 is 0.917 bits per heavy atom. The fourth-order valence-electron chi connectivity index (χ4n) is 6.65. The molecule has 2 aliphatic heterocycles. The highest BCUT2D eigenvalue weighted by atomic mass is 19.4. The lowest BCUT2D eigenvalue weighted by Crippen LogP contribution is -2.67. The van der Waals surface area contributed by atoms with Crippen molar-refractivity contribution < 1.29 is 36.9 Å². The van der Waals surface area contributed by atoms with E-state index in [1.54, 1.807) is 7.11 Å². The molecule has 5 rings (SSSR count). The Morgan fingerprint density at radius 3 is 2.15 bits per heavy atom. The summed E-state index contributed by atoms with van der Waals surface area (Å²) in [5, 5.41) is 0. The van der Waals surface area contributed by atoms with Crippen LogP contribution >= 0.6 is 0 Å². The summed E-state index contributed by atoms with van der Waals surface area (Å²) in [6.07, 6.45) is -4.56. The quantitative estimate of drug-likeness (QED) is 0.255. The first-order chi connectivity index (χ1) is 23.1. The summed E-state index contributed by atoms with van der Waals surface area (Å²) in [5.41, 5.74) is 2.88. The third-order valence-electron chi connectivity index (χ3n) is 8.64. The Hall–Kier alpha value is -3.94. The van der Waals surface area contributed by atoms with Gasteiger partial charge in [-0.25, -0.2) is 0 Å². The van der Waals surface area contributed by atoms with E-state index < -0.39 is 18.8 Å². The Morgan fingerprint density at radius 2 is 1.56 bits per heavy atom. The van der Waals surface area contributed by atoms with Crippen LogP contribution in [0.3, 0.4) is 0 Å². The van der Waals surface area contributed by atoms with Crippen LogP contribution in [0.2, 0.25) is 0 Å². The fraction of sp³-hybridized carbons (Fsp3) is 0.514. The maximum absolute atomic E-state index is 13.1. The van der Waals surface area contributed by atoms with Gasteiger partial charge in [0.05, 0.1) is 31.8 Å². The van der Waals surface area contributed by atoms with Gasteiger partial charge in [0.2, 0.25) is 17.7 Å². The van der Waals surface area contributed by atoms with E-state index >= 15 is 0 Å². The molecule has 2 aromatic carbocycles. The van der Waals surface area contributed by atoms with Crippen LogP contribution in [0, 0.1) is 0 Å². The van der Waals surface area contributed by atoms with Gasteiger partial charge in [0.25, 0.3) is 0 Å². The number of methoxy groups -OCH3 is 2. The van der Waals surface area contributed by atoms with Gasteiger partial charge in [0.1, 0.15) is 0 Å². The predicted octanol–water partition coefficient (Wildman–Crippen LogP) is 4.78. The summed E-state index contributed by atoms with van der Waals surface area (Å²) in [4.78, 5) is 28.3. The number of hydrogen-bond acceptors (Lipinski definition) is 9. The van der Waals surface area contributed by atoms with Gasteiger partial charge in [-0.3, -0.25) is 14.6 Å². The van der Waals surface area contributed by atoms with Crippen LogP contribution in [-0.4, -0.2) is 115 Å². The number of hydrogen-bond donors (Lipinski definition) is 0. The number of alkyl halides is 3. The molecule has 0 bridgehead atoms.